The van der Waals surface area contributed by atoms with Gasteiger partial charge < -0.3 is 10.1 Å². The fourth-order valence-electron chi connectivity index (χ4n) is 3.43. The second-order valence-electron chi connectivity index (χ2n) is 6.80. The van der Waals surface area contributed by atoms with Crippen molar-refractivity contribution in [3.63, 3.8) is 0 Å². The summed E-state index contributed by atoms with van der Waals surface area (Å²) in [5.74, 6) is -0.491. The fraction of sp³-hybridized carbons (Fsp3) is 0.429. The van der Waals surface area contributed by atoms with Crippen molar-refractivity contribution in [3.05, 3.63) is 41.3 Å². The summed E-state index contributed by atoms with van der Waals surface area (Å²) < 4.78 is 5.24. The lowest BCUT2D eigenvalue weighted by molar-refractivity contribution is -0.118. The van der Waals surface area contributed by atoms with Crippen molar-refractivity contribution in [3.8, 4) is 11.1 Å². The summed E-state index contributed by atoms with van der Waals surface area (Å²) in [6.45, 7) is 5.53. The van der Waals surface area contributed by atoms with Gasteiger partial charge in [0, 0.05) is 17.0 Å². The van der Waals surface area contributed by atoms with Gasteiger partial charge in [-0.15, -0.1) is 11.3 Å². The Labute approximate surface area is 164 Å². The molecular formula is C21H26N2O3S. The van der Waals surface area contributed by atoms with E-state index in [-0.39, 0.29) is 5.91 Å². The zero-order valence-electron chi connectivity index (χ0n) is 15.9. The van der Waals surface area contributed by atoms with Gasteiger partial charge >= 0.3 is 5.97 Å². The Hall–Kier alpha value is -2.18. The number of hydrogen-bond acceptors (Lipinski definition) is 5. The normalized spacial score (nSPS) is 17.5. The molecule has 1 aromatic heterocycles. The van der Waals surface area contributed by atoms with Crippen LogP contribution in [0.2, 0.25) is 0 Å². The van der Waals surface area contributed by atoms with Crippen molar-refractivity contribution in [2.45, 2.75) is 39.2 Å². The Balaban J connectivity index is 1.81. The molecule has 1 atom stereocenters. The minimum atomic E-state index is -0.403. The molecule has 0 unspecified atom stereocenters. The van der Waals surface area contributed by atoms with E-state index in [1.54, 1.807) is 6.92 Å². The summed E-state index contributed by atoms with van der Waals surface area (Å²) >= 11 is 1.37. The molecule has 3 rings (SSSR count). The summed E-state index contributed by atoms with van der Waals surface area (Å²) in [5.41, 5.74) is 2.16. The van der Waals surface area contributed by atoms with Crippen molar-refractivity contribution < 1.29 is 14.3 Å². The van der Waals surface area contributed by atoms with Crippen molar-refractivity contribution in [1.29, 1.82) is 0 Å². The third-order valence-electron chi connectivity index (χ3n) is 4.90. The number of likely N-dealkylation sites (tertiary alicyclic amines) is 1. The molecule has 27 heavy (non-hydrogen) atoms. The number of ether oxygens (including phenoxy) is 1. The van der Waals surface area contributed by atoms with Crippen LogP contribution in [0, 0.1) is 0 Å². The Morgan fingerprint density at radius 1 is 1.26 bits per heavy atom. The number of nitrogens with zero attached hydrogens (tertiary/aromatic N) is 1. The van der Waals surface area contributed by atoms with Crippen LogP contribution in [0.1, 0.15) is 43.5 Å². The topological polar surface area (TPSA) is 58.6 Å². The van der Waals surface area contributed by atoms with E-state index in [0.29, 0.717) is 29.8 Å². The number of rotatable bonds is 6. The number of piperidine rings is 1. The third kappa shape index (κ3) is 4.76. The summed E-state index contributed by atoms with van der Waals surface area (Å²) in [5, 5.41) is 5.41. The van der Waals surface area contributed by atoms with Gasteiger partial charge in [0.2, 0.25) is 5.91 Å². The molecule has 1 aromatic carbocycles. The summed E-state index contributed by atoms with van der Waals surface area (Å²) in [7, 11) is 0. The molecule has 0 saturated carbocycles. The average Bonchev–Trinajstić information content (AvgIpc) is 3.08. The number of hydrogen-bond donors (Lipinski definition) is 1. The van der Waals surface area contributed by atoms with Gasteiger partial charge in [-0.2, -0.15) is 0 Å². The quantitative estimate of drug-likeness (QED) is 0.748. The highest BCUT2D eigenvalue weighted by molar-refractivity contribution is 7.15. The third-order valence-corrected chi connectivity index (χ3v) is 5.79. The highest BCUT2D eigenvalue weighted by atomic mass is 32.1. The van der Waals surface area contributed by atoms with Gasteiger partial charge in [0.25, 0.3) is 0 Å². The highest BCUT2D eigenvalue weighted by Crippen LogP contribution is 2.36. The van der Waals surface area contributed by atoms with E-state index in [4.69, 9.17) is 4.74 Å². The molecular weight excluding hydrogens is 360 g/mol. The van der Waals surface area contributed by atoms with Crippen molar-refractivity contribution in [2.24, 2.45) is 0 Å². The molecule has 0 spiro atoms. The summed E-state index contributed by atoms with van der Waals surface area (Å²) in [6.07, 6.45) is 3.47. The standard InChI is InChI=1S/C21H26N2O3S/c1-3-26-21(25)19-17(16-10-5-4-6-11-16)14-27-20(19)22-18(24)13-23-12-8-7-9-15(23)2/h4-6,10-11,14-15H,3,7-9,12-13H2,1-2H3,(H,22,24)/t15-/m1/s1. The minimum absolute atomic E-state index is 0.0873. The molecule has 144 valence electrons. The first kappa shape index (κ1) is 19.6. The molecule has 2 heterocycles. The molecule has 1 amide bonds. The van der Waals surface area contributed by atoms with E-state index in [1.165, 1.54) is 17.8 Å². The van der Waals surface area contributed by atoms with Crippen LogP contribution in [0.4, 0.5) is 5.00 Å². The molecule has 2 aromatic rings. The van der Waals surface area contributed by atoms with E-state index in [1.807, 2.05) is 35.7 Å². The molecule has 0 aliphatic carbocycles. The molecule has 1 aliphatic rings. The van der Waals surface area contributed by atoms with Crippen LogP contribution >= 0.6 is 11.3 Å². The van der Waals surface area contributed by atoms with Crippen LogP contribution in [0.15, 0.2) is 35.7 Å². The zero-order valence-corrected chi connectivity index (χ0v) is 16.7. The van der Waals surface area contributed by atoms with E-state index < -0.39 is 5.97 Å². The number of carbonyl (C=O) groups excluding carboxylic acids is 2. The second kappa shape index (κ2) is 9.15. The Morgan fingerprint density at radius 2 is 2.04 bits per heavy atom. The first-order chi connectivity index (χ1) is 13.1. The maximum absolute atomic E-state index is 12.6. The van der Waals surface area contributed by atoms with Crippen LogP contribution in [-0.2, 0) is 9.53 Å². The van der Waals surface area contributed by atoms with E-state index in [9.17, 15) is 9.59 Å². The van der Waals surface area contributed by atoms with Gasteiger partial charge in [-0.05, 0) is 38.8 Å². The van der Waals surface area contributed by atoms with Crippen molar-refractivity contribution in [1.82, 2.24) is 4.90 Å². The predicted molar refractivity (Wildman–Crippen MR) is 109 cm³/mol. The number of anilines is 1. The highest BCUT2D eigenvalue weighted by Gasteiger charge is 2.25. The van der Waals surface area contributed by atoms with Crippen molar-refractivity contribution >= 4 is 28.2 Å². The lowest BCUT2D eigenvalue weighted by Gasteiger charge is -2.32. The van der Waals surface area contributed by atoms with E-state index in [2.05, 4.69) is 17.1 Å². The van der Waals surface area contributed by atoms with Crippen LogP contribution in [-0.4, -0.2) is 42.5 Å². The number of thiophene rings is 1. The fourth-order valence-corrected chi connectivity index (χ4v) is 4.40. The molecule has 6 heteroatoms. The maximum atomic E-state index is 12.6. The maximum Gasteiger partial charge on any atom is 0.341 e. The van der Waals surface area contributed by atoms with Crippen molar-refractivity contribution in [2.75, 3.05) is 25.0 Å². The van der Waals surface area contributed by atoms with E-state index in [0.717, 1.165) is 30.5 Å². The summed E-state index contributed by atoms with van der Waals surface area (Å²) in [6, 6.07) is 10.1. The molecule has 1 N–H and O–H groups in total. The lowest BCUT2D eigenvalue weighted by Crippen LogP contribution is -2.42. The average molecular weight is 387 g/mol. The first-order valence-corrected chi connectivity index (χ1v) is 10.4. The number of esters is 1. The van der Waals surface area contributed by atoms with Gasteiger partial charge in [-0.3, -0.25) is 9.69 Å². The molecule has 5 nitrogen and oxygen atoms in total. The second-order valence-corrected chi connectivity index (χ2v) is 7.68. The molecule has 1 saturated heterocycles. The summed E-state index contributed by atoms with van der Waals surface area (Å²) in [4.78, 5) is 27.4. The zero-order chi connectivity index (χ0) is 19.2. The van der Waals surface area contributed by atoms with Gasteiger partial charge in [-0.25, -0.2) is 4.79 Å². The number of benzene rings is 1. The molecule has 0 bridgehead atoms. The van der Waals surface area contributed by atoms with Gasteiger partial charge in [0.15, 0.2) is 0 Å². The SMILES string of the molecule is CCOC(=O)c1c(-c2ccccc2)csc1NC(=O)CN1CCCC[C@H]1C. The molecule has 1 fully saturated rings. The molecule has 1 aliphatic heterocycles. The van der Waals surface area contributed by atoms with Gasteiger partial charge in [-0.1, -0.05) is 36.8 Å². The monoisotopic (exact) mass is 386 g/mol. The molecule has 0 radical (unpaired) electrons. The largest absolute Gasteiger partial charge is 0.462 e. The van der Waals surface area contributed by atoms with Crippen LogP contribution < -0.4 is 5.32 Å². The Kier molecular flexibility index (Phi) is 6.63. The number of amides is 1. The van der Waals surface area contributed by atoms with Crippen LogP contribution in [0.3, 0.4) is 0 Å². The lowest BCUT2D eigenvalue weighted by atomic mass is 10.0. The Bertz CT molecular complexity index is 788. The smallest absolute Gasteiger partial charge is 0.341 e. The first-order valence-electron chi connectivity index (χ1n) is 9.48. The van der Waals surface area contributed by atoms with Gasteiger partial charge in [0.1, 0.15) is 10.6 Å². The number of nitrogens with one attached hydrogen (secondary N) is 1. The predicted octanol–water partition coefficient (Wildman–Crippen LogP) is 4.40. The Morgan fingerprint density at radius 3 is 2.74 bits per heavy atom. The van der Waals surface area contributed by atoms with Crippen LogP contribution in [0.25, 0.3) is 11.1 Å². The minimum Gasteiger partial charge on any atom is -0.462 e. The van der Waals surface area contributed by atoms with Crippen LogP contribution in [0.5, 0.6) is 0 Å². The van der Waals surface area contributed by atoms with Gasteiger partial charge in [0.05, 0.1) is 13.2 Å². The number of carbonyl (C=O) groups is 2. The van der Waals surface area contributed by atoms with E-state index >= 15 is 0 Å².